The molecule has 1 saturated heterocycles. The zero-order valence-electron chi connectivity index (χ0n) is 9.89. The molecule has 0 radical (unpaired) electrons. The van der Waals surface area contributed by atoms with Gasteiger partial charge in [0.25, 0.3) is 0 Å². The molecule has 1 aliphatic heterocycles. The Labute approximate surface area is 107 Å². The second-order valence-corrected chi connectivity index (χ2v) is 4.36. The van der Waals surface area contributed by atoms with Crippen molar-refractivity contribution in [2.45, 2.75) is 19.0 Å². The van der Waals surface area contributed by atoms with Gasteiger partial charge in [-0.3, -0.25) is 0 Å². The molecule has 1 aromatic heterocycles. The van der Waals surface area contributed by atoms with Gasteiger partial charge in [-0.25, -0.2) is 14.8 Å². The second kappa shape index (κ2) is 5.02. The Hall–Kier alpha value is -1.86. The lowest BCUT2D eigenvalue weighted by Crippen LogP contribution is -2.42. The number of piperidine rings is 1. The van der Waals surface area contributed by atoms with Crippen LogP contribution in [0.2, 0.25) is 0 Å². The normalized spacial score (nSPS) is 20.4. The lowest BCUT2D eigenvalue weighted by Gasteiger charge is -2.34. The summed E-state index contributed by atoms with van der Waals surface area (Å²) in [5.74, 6) is -2.74. The highest BCUT2D eigenvalue weighted by Crippen LogP contribution is 2.34. The average molecular weight is 275 g/mol. The molecule has 0 spiro atoms. The Morgan fingerprint density at radius 2 is 2.05 bits per heavy atom. The Kier molecular flexibility index (Phi) is 3.59. The number of nitrogens with zero attached hydrogens (tertiary/aromatic N) is 3. The molecule has 2 heterocycles. The van der Waals surface area contributed by atoms with Crippen molar-refractivity contribution in [1.29, 1.82) is 0 Å². The van der Waals surface area contributed by atoms with E-state index in [0.717, 1.165) is 0 Å². The number of rotatable bonds is 2. The molecule has 5 nitrogen and oxygen atoms in total. The van der Waals surface area contributed by atoms with Crippen molar-refractivity contribution in [3.63, 3.8) is 0 Å². The van der Waals surface area contributed by atoms with E-state index in [-0.39, 0.29) is 24.5 Å². The first-order chi connectivity index (χ1) is 8.89. The first kappa shape index (κ1) is 13.6. The summed E-state index contributed by atoms with van der Waals surface area (Å²) in [4.78, 5) is 19.8. The zero-order valence-corrected chi connectivity index (χ0v) is 9.89. The fraction of sp³-hybridized carbons (Fsp3) is 0.545. The van der Waals surface area contributed by atoms with Crippen LogP contribution in [0.3, 0.4) is 0 Å². The third-order valence-electron chi connectivity index (χ3n) is 3.07. The number of anilines is 1. The van der Waals surface area contributed by atoms with Crippen LogP contribution in [0.25, 0.3) is 0 Å². The van der Waals surface area contributed by atoms with E-state index in [9.17, 15) is 18.0 Å². The third kappa shape index (κ3) is 2.94. The predicted octanol–water partition coefficient (Wildman–Crippen LogP) is 1.95. The topological polar surface area (TPSA) is 66.3 Å². The smallest absolute Gasteiger partial charge is 0.393 e. The molecule has 0 aliphatic carbocycles. The zero-order chi connectivity index (χ0) is 14.0. The van der Waals surface area contributed by atoms with Crippen molar-refractivity contribution in [2.24, 2.45) is 5.92 Å². The molecule has 0 aromatic carbocycles. The van der Waals surface area contributed by atoms with Crippen molar-refractivity contribution >= 4 is 11.8 Å². The Balaban J connectivity index is 2.25. The van der Waals surface area contributed by atoms with Gasteiger partial charge >= 0.3 is 12.1 Å². The van der Waals surface area contributed by atoms with Gasteiger partial charge in [0.1, 0.15) is 0 Å². The van der Waals surface area contributed by atoms with Crippen molar-refractivity contribution in [2.75, 3.05) is 18.0 Å². The number of alkyl halides is 3. The Morgan fingerprint density at radius 3 is 2.68 bits per heavy atom. The van der Waals surface area contributed by atoms with Crippen LogP contribution >= 0.6 is 0 Å². The summed E-state index contributed by atoms with van der Waals surface area (Å²) in [5.41, 5.74) is -0.315. The Bertz CT molecular complexity index is 478. The van der Waals surface area contributed by atoms with E-state index in [0.29, 0.717) is 13.0 Å². The molecule has 1 aromatic rings. The molecular formula is C11H12F3N3O2. The van der Waals surface area contributed by atoms with Crippen molar-refractivity contribution < 1.29 is 23.1 Å². The second-order valence-electron chi connectivity index (χ2n) is 4.36. The van der Waals surface area contributed by atoms with Crippen molar-refractivity contribution in [3.05, 3.63) is 18.1 Å². The minimum Gasteiger partial charge on any atom is -0.476 e. The van der Waals surface area contributed by atoms with Gasteiger partial charge < -0.3 is 10.0 Å². The number of carboxylic acid groups (broad SMARTS) is 1. The molecule has 1 unspecified atom stereocenters. The van der Waals surface area contributed by atoms with E-state index in [1.54, 1.807) is 0 Å². The van der Waals surface area contributed by atoms with E-state index < -0.39 is 18.1 Å². The first-order valence-corrected chi connectivity index (χ1v) is 5.75. The van der Waals surface area contributed by atoms with Gasteiger partial charge in [0.2, 0.25) is 0 Å². The lowest BCUT2D eigenvalue weighted by molar-refractivity contribution is -0.176. The van der Waals surface area contributed by atoms with Gasteiger partial charge in [-0.15, -0.1) is 0 Å². The van der Waals surface area contributed by atoms with Crippen LogP contribution in [0.4, 0.5) is 19.0 Å². The molecule has 19 heavy (non-hydrogen) atoms. The number of aromatic nitrogens is 2. The molecule has 0 bridgehead atoms. The molecule has 1 fully saturated rings. The predicted molar refractivity (Wildman–Crippen MR) is 60.0 cm³/mol. The maximum Gasteiger partial charge on any atom is 0.393 e. The SMILES string of the molecule is O=C(O)c1nccnc1N1CCCC(C(F)(F)F)C1. The minimum absolute atomic E-state index is 0.00366. The highest BCUT2D eigenvalue weighted by molar-refractivity contribution is 5.90. The Morgan fingerprint density at radius 1 is 1.37 bits per heavy atom. The summed E-state index contributed by atoms with van der Waals surface area (Å²) in [6, 6.07) is 0. The monoisotopic (exact) mass is 275 g/mol. The van der Waals surface area contributed by atoms with Gasteiger partial charge in [-0.1, -0.05) is 0 Å². The number of carbonyl (C=O) groups is 1. The summed E-state index contributed by atoms with van der Waals surface area (Å²) in [6.07, 6.45) is -1.39. The highest BCUT2D eigenvalue weighted by atomic mass is 19.4. The largest absolute Gasteiger partial charge is 0.476 e. The van der Waals surface area contributed by atoms with Crippen LogP contribution in [0, 0.1) is 5.92 Å². The molecule has 1 aliphatic rings. The minimum atomic E-state index is -4.27. The summed E-state index contributed by atoms with van der Waals surface area (Å²) in [5, 5.41) is 8.97. The van der Waals surface area contributed by atoms with E-state index >= 15 is 0 Å². The first-order valence-electron chi connectivity index (χ1n) is 5.75. The quantitative estimate of drug-likeness (QED) is 0.893. The number of hydrogen-bond donors (Lipinski definition) is 1. The van der Waals surface area contributed by atoms with Gasteiger partial charge in [-0.2, -0.15) is 13.2 Å². The molecule has 1 N–H and O–H groups in total. The molecule has 0 saturated carbocycles. The van der Waals surface area contributed by atoms with Crippen LogP contribution < -0.4 is 4.90 Å². The molecule has 1 atom stereocenters. The van der Waals surface area contributed by atoms with Crippen LogP contribution in [-0.4, -0.2) is 40.3 Å². The van der Waals surface area contributed by atoms with E-state index in [1.807, 2.05) is 0 Å². The van der Waals surface area contributed by atoms with Gasteiger partial charge in [0.05, 0.1) is 5.92 Å². The van der Waals surface area contributed by atoms with Crippen LogP contribution in [-0.2, 0) is 0 Å². The van der Waals surface area contributed by atoms with Gasteiger partial charge in [0, 0.05) is 25.5 Å². The summed E-state index contributed by atoms with van der Waals surface area (Å²) in [6.45, 7) is 0.0774. The summed E-state index contributed by atoms with van der Waals surface area (Å²) < 4.78 is 38.1. The molecule has 2 rings (SSSR count). The number of carboxylic acids is 1. The fourth-order valence-corrected chi connectivity index (χ4v) is 2.15. The van der Waals surface area contributed by atoms with Crippen molar-refractivity contribution in [1.82, 2.24) is 9.97 Å². The van der Waals surface area contributed by atoms with E-state index in [1.165, 1.54) is 17.3 Å². The molecular weight excluding hydrogens is 263 g/mol. The average Bonchev–Trinajstić information content (AvgIpc) is 2.38. The fourth-order valence-electron chi connectivity index (χ4n) is 2.15. The van der Waals surface area contributed by atoms with Crippen LogP contribution in [0.5, 0.6) is 0 Å². The maximum atomic E-state index is 12.7. The van der Waals surface area contributed by atoms with Crippen molar-refractivity contribution in [3.8, 4) is 0 Å². The van der Waals surface area contributed by atoms with Gasteiger partial charge in [0.15, 0.2) is 11.5 Å². The van der Waals surface area contributed by atoms with E-state index in [4.69, 9.17) is 5.11 Å². The van der Waals surface area contributed by atoms with E-state index in [2.05, 4.69) is 9.97 Å². The molecule has 8 heteroatoms. The number of hydrogen-bond acceptors (Lipinski definition) is 4. The summed E-state index contributed by atoms with van der Waals surface area (Å²) in [7, 11) is 0. The lowest BCUT2D eigenvalue weighted by atomic mass is 9.97. The standard InChI is InChI=1S/C11H12F3N3O2/c12-11(13,14)7-2-1-5-17(6-7)9-8(10(18)19)15-3-4-16-9/h3-4,7H,1-2,5-6H2,(H,18,19). The van der Waals surface area contributed by atoms with Crippen LogP contribution in [0.1, 0.15) is 23.3 Å². The maximum absolute atomic E-state index is 12.7. The molecule has 104 valence electrons. The highest BCUT2D eigenvalue weighted by Gasteiger charge is 2.42. The third-order valence-corrected chi connectivity index (χ3v) is 3.07. The van der Waals surface area contributed by atoms with Crippen LogP contribution in [0.15, 0.2) is 12.4 Å². The summed E-state index contributed by atoms with van der Waals surface area (Å²) >= 11 is 0. The van der Waals surface area contributed by atoms with Gasteiger partial charge in [-0.05, 0) is 12.8 Å². The number of aromatic carboxylic acids is 1. The number of halogens is 3. The molecule has 0 amide bonds.